The van der Waals surface area contributed by atoms with Gasteiger partial charge < -0.3 is 15.2 Å². The normalized spacial score (nSPS) is 14.0. The molecule has 1 aliphatic rings. The minimum Gasteiger partial charge on any atom is -0.494 e. The summed E-state index contributed by atoms with van der Waals surface area (Å²) in [7, 11) is 1.39. The van der Waals surface area contributed by atoms with Crippen LogP contribution in [0.4, 0.5) is 11.4 Å². The fourth-order valence-corrected chi connectivity index (χ4v) is 2.23. The van der Waals surface area contributed by atoms with Crippen LogP contribution in [0.3, 0.4) is 0 Å². The van der Waals surface area contributed by atoms with Gasteiger partial charge in [0.25, 0.3) is 5.69 Å². The van der Waals surface area contributed by atoms with Crippen LogP contribution < -0.4 is 10.1 Å². The third-order valence-electron chi connectivity index (χ3n) is 3.47. The third kappa shape index (κ3) is 4.15. The highest BCUT2D eigenvalue weighted by atomic mass is 16.6. The number of carbonyl (C=O) groups is 1. The molecule has 1 aromatic rings. The highest BCUT2D eigenvalue weighted by Crippen LogP contribution is 2.29. The summed E-state index contributed by atoms with van der Waals surface area (Å²) in [5, 5.41) is 22.4. The number of nitro groups is 1. The molecule has 120 valence electrons. The topological polar surface area (TPSA) is 105 Å². The van der Waals surface area contributed by atoms with Gasteiger partial charge in [0.1, 0.15) is 5.75 Å². The number of rotatable bonds is 8. The Balaban J connectivity index is 2.02. The minimum absolute atomic E-state index is 0.00460. The van der Waals surface area contributed by atoms with Crippen molar-refractivity contribution in [2.24, 2.45) is 0 Å². The number of carbonyl (C=O) groups excluding carboxylic acids is 1. The number of anilines is 1. The SMILES string of the molecule is COc1cc([N+](=O)[O-])ccc1NC(=O)CN(CCO)C1CC1. The zero-order valence-corrected chi connectivity index (χ0v) is 12.3. The van der Waals surface area contributed by atoms with Gasteiger partial charge in [0, 0.05) is 18.7 Å². The summed E-state index contributed by atoms with van der Waals surface area (Å²) >= 11 is 0. The summed E-state index contributed by atoms with van der Waals surface area (Å²) in [6.45, 7) is 0.630. The number of aliphatic hydroxyl groups is 1. The molecule has 1 aliphatic carbocycles. The number of nitro benzene ring substituents is 1. The number of aliphatic hydroxyl groups excluding tert-OH is 1. The van der Waals surface area contributed by atoms with E-state index in [9.17, 15) is 14.9 Å². The van der Waals surface area contributed by atoms with Crippen LogP contribution in [-0.4, -0.2) is 53.7 Å². The third-order valence-corrected chi connectivity index (χ3v) is 3.47. The fourth-order valence-electron chi connectivity index (χ4n) is 2.23. The van der Waals surface area contributed by atoms with Gasteiger partial charge in [0.05, 0.1) is 36.9 Å². The van der Waals surface area contributed by atoms with Gasteiger partial charge in [0.15, 0.2) is 0 Å². The lowest BCUT2D eigenvalue weighted by Gasteiger charge is -2.20. The van der Waals surface area contributed by atoms with Gasteiger partial charge >= 0.3 is 0 Å². The van der Waals surface area contributed by atoms with Crippen molar-refractivity contribution in [1.82, 2.24) is 4.90 Å². The maximum Gasteiger partial charge on any atom is 0.273 e. The molecule has 8 heteroatoms. The van der Waals surface area contributed by atoms with Crippen LogP contribution in [-0.2, 0) is 4.79 Å². The van der Waals surface area contributed by atoms with Crippen LogP contribution in [0.5, 0.6) is 5.75 Å². The molecule has 0 heterocycles. The van der Waals surface area contributed by atoms with Crippen LogP contribution in [0.1, 0.15) is 12.8 Å². The number of nitrogens with zero attached hydrogens (tertiary/aromatic N) is 2. The Morgan fingerprint density at radius 1 is 1.55 bits per heavy atom. The van der Waals surface area contributed by atoms with E-state index in [-0.39, 0.29) is 30.5 Å². The lowest BCUT2D eigenvalue weighted by Crippen LogP contribution is -2.36. The van der Waals surface area contributed by atoms with Crippen molar-refractivity contribution in [3.05, 3.63) is 28.3 Å². The molecule has 8 nitrogen and oxygen atoms in total. The van der Waals surface area contributed by atoms with E-state index < -0.39 is 4.92 Å². The van der Waals surface area contributed by atoms with Gasteiger partial charge in [-0.3, -0.25) is 19.8 Å². The van der Waals surface area contributed by atoms with Crippen LogP contribution in [0.2, 0.25) is 0 Å². The van der Waals surface area contributed by atoms with Crippen LogP contribution in [0.25, 0.3) is 0 Å². The van der Waals surface area contributed by atoms with Gasteiger partial charge in [-0.1, -0.05) is 0 Å². The van der Waals surface area contributed by atoms with Crippen molar-refractivity contribution < 1.29 is 19.6 Å². The second-order valence-electron chi connectivity index (χ2n) is 5.12. The summed E-state index contributed by atoms with van der Waals surface area (Å²) in [5.74, 6) is -0.00446. The first-order valence-corrected chi connectivity index (χ1v) is 7.02. The van der Waals surface area contributed by atoms with Crippen LogP contribution >= 0.6 is 0 Å². The predicted molar refractivity (Wildman–Crippen MR) is 80.0 cm³/mol. The van der Waals surface area contributed by atoms with Crippen molar-refractivity contribution in [3.63, 3.8) is 0 Å². The van der Waals surface area contributed by atoms with E-state index >= 15 is 0 Å². The summed E-state index contributed by atoms with van der Waals surface area (Å²) < 4.78 is 5.08. The van der Waals surface area contributed by atoms with Gasteiger partial charge in [-0.05, 0) is 18.9 Å². The van der Waals surface area contributed by atoms with E-state index in [1.807, 2.05) is 4.90 Å². The zero-order valence-electron chi connectivity index (χ0n) is 12.3. The van der Waals surface area contributed by atoms with E-state index in [2.05, 4.69) is 5.32 Å². The maximum atomic E-state index is 12.1. The van der Waals surface area contributed by atoms with Crippen molar-refractivity contribution >= 4 is 17.3 Å². The second-order valence-corrected chi connectivity index (χ2v) is 5.12. The molecule has 1 aromatic carbocycles. The number of benzene rings is 1. The zero-order chi connectivity index (χ0) is 16.1. The summed E-state index contributed by atoms with van der Waals surface area (Å²) in [6, 6.07) is 4.38. The lowest BCUT2D eigenvalue weighted by molar-refractivity contribution is -0.384. The van der Waals surface area contributed by atoms with Crippen molar-refractivity contribution in [2.45, 2.75) is 18.9 Å². The molecule has 1 amide bonds. The monoisotopic (exact) mass is 309 g/mol. The van der Waals surface area contributed by atoms with Gasteiger partial charge in [-0.2, -0.15) is 0 Å². The molecular weight excluding hydrogens is 290 g/mol. The summed E-state index contributed by atoms with van der Waals surface area (Å²) in [6.07, 6.45) is 2.07. The minimum atomic E-state index is -0.524. The lowest BCUT2D eigenvalue weighted by atomic mass is 10.2. The Bertz CT molecular complexity index is 559. The van der Waals surface area contributed by atoms with E-state index in [0.717, 1.165) is 12.8 Å². The number of amides is 1. The number of methoxy groups -OCH3 is 1. The van der Waals surface area contributed by atoms with Gasteiger partial charge in [-0.25, -0.2) is 0 Å². The fraction of sp³-hybridized carbons (Fsp3) is 0.500. The highest BCUT2D eigenvalue weighted by molar-refractivity contribution is 5.94. The van der Waals surface area contributed by atoms with Crippen molar-refractivity contribution in [2.75, 3.05) is 32.1 Å². The number of ether oxygens (including phenoxy) is 1. The smallest absolute Gasteiger partial charge is 0.273 e. The summed E-state index contributed by atoms with van der Waals surface area (Å²) in [5.41, 5.74) is 0.285. The first-order valence-electron chi connectivity index (χ1n) is 7.02. The molecular formula is C14H19N3O5. The molecule has 2 N–H and O–H groups in total. The maximum absolute atomic E-state index is 12.1. The van der Waals surface area contributed by atoms with Crippen LogP contribution in [0.15, 0.2) is 18.2 Å². The Morgan fingerprint density at radius 3 is 2.82 bits per heavy atom. The molecule has 0 aromatic heterocycles. The van der Waals surface area contributed by atoms with Gasteiger partial charge in [-0.15, -0.1) is 0 Å². The number of non-ortho nitro benzene ring substituents is 1. The number of hydrogen-bond acceptors (Lipinski definition) is 6. The number of nitrogens with one attached hydrogen (secondary N) is 1. The molecule has 1 saturated carbocycles. The second kappa shape index (κ2) is 7.19. The average Bonchev–Trinajstić information content (AvgIpc) is 3.31. The predicted octanol–water partition coefficient (Wildman–Crippen LogP) is 0.999. The Hall–Kier alpha value is -2.19. The molecule has 2 rings (SSSR count). The molecule has 0 saturated heterocycles. The van der Waals surface area contributed by atoms with E-state index in [0.29, 0.717) is 18.3 Å². The Kier molecular flexibility index (Phi) is 5.29. The standard InChI is InChI=1S/C14H19N3O5/c1-22-13-8-11(17(20)21)4-5-12(13)15-14(19)9-16(6-7-18)10-2-3-10/h4-5,8,10,18H,2-3,6-7,9H2,1H3,(H,15,19). The van der Waals surface area contributed by atoms with Crippen LogP contribution in [0, 0.1) is 10.1 Å². The first kappa shape index (κ1) is 16.2. The van der Waals surface area contributed by atoms with Gasteiger partial charge in [0.2, 0.25) is 5.91 Å². The van der Waals surface area contributed by atoms with E-state index in [4.69, 9.17) is 9.84 Å². The van der Waals surface area contributed by atoms with E-state index in [1.165, 1.54) is 25.3 Å². The Morgan fingerprint density at radius 2 is 2.27 bits per heavy atom. The summed E-state index contributed by atoms with van der Waals surface area (Å²) in [4.78, 5) is 24.2. The Labute approximate surface area is 127 Å². The molecule has 0 aliphatic heterocycles. The molecule has 0 bridgehead atoms. The average molecular weight is 309 g/mol. The van der Waals surface area contributed by atoms with Crippen molar-refractivity contribution in [1.29, 1.82) is 0 Å². The number of hydrogen-bond donors (Lipinski definition) is 2. The highest BCUT2D eigenvalue weighted by Gasteiger charge is 2.29. The molecule has 22 heavy (non-hydrogen) atoms. The molecule has 0 atom stereocenters. The molecule has 0 unspecified atom stereocenters. The van der Waals surface area contributed by atoms with E-state index in [1.54, 1.807) is 0 Å². The molecule has 0 spiro atoms. The first-order chi connectivity index (χ1) is 10.5. The quantitative estimate of drug-likeness (QED) is 0.548. The molecule has 0 radical (unpaired) electrons. The largest absolute Gasteiger partial charge is 0.494 e. The molecule has 1 fully saturated rings. The van der Waals surface area contributed by atoms with Crippen molar-refractivity contribution in [3.8, 4) is 5.75 Å².